The van der Waals surface area contributed by atoms with E-state index in [1.165, 1.54) is 6.26 Å². The second kappa shape index (κ2) is 6.26. The van der Waals surface area contributed by atoms with Gasteiger partial charge < -0.3 is 9.52 Å². The van der Waals surface area contributed by atoms with Gasteiger partial charge in [0, 0.05) is 12.5 Å². The number of aliphatic hydroxyl groups is 1. The smallest absolute Gasteiger partial charge is 0.180 e. The molecule has 0 saturated carbocycles. The topological polar surface area (TPSA) is 70.0 Å². The molecule has 1 heterocycles. The van der Waals surface area contributed by atoms with Crippen molar-refractivity contribution < 1.29 is 18.3 Å². The van der Waals surface area contributed by atoms with Gasteiger partial charge in [0.25, 0.3) is 0 Å². The maximum absolute atomic E-state index is 13.9. The van der Waals surface area contributed by atoms with Crippen LogP contribution < -0.4 is 0 Å². The Morgan fingerprint density at radius 2 is 2.20 bits per heavy atom. The Balaban J connectivity index is 2.45. The number of aromatic nitrogens is 1. The van der Waals surface area contributed by atoms with E-state index in [9.17, 15) is 14.0 Å². The van der Waals surface area contributed by atoms with Gasteiger partial charge in [0.05, 0.1) is 17.7 Å². The third kappa shape index (κ3) is 2.83. The van der Waals surface area contributed by atoms with E-state index in [-0.39, 0.29) is 18.6 Å². The second-order valence-corrected chi connectivity index (χ2v) is 4.30. The number of nitriles is 1. The molecule has 0 saturated heterocycles. The van der Waals surface area contributed by atoms with E-state index < -0.39 is 23.5 Å². The van der Waals surface area contributed by atoms with Crippen molar-refractivity contribution in [2.24, 2.45) is 0 Å². The summed E-state index contributed by atoms with van der Waals surface area (Å²) in [6, 6.07) is 5.07. The summed E-state index contributed by atoms with van der Waals surface area (Å²) in [6.07, 6.45) is 2.57. The van der Waals surface area contributed by atoms with E-state index in [2.05, 4.69) is 4.98 Å². The van der Waals surface area contributed by atoms with Crippen LogP contribution >= 0.6 is 0 Å². The molecule has 1 aromatic heterocycles. The zero-order chi connectivity index (χ0) is 14.5. The van der Waals surface area contributed by atoms with Crippen LogP contribution in [-0.4, -0.2) is 16.7 Å². The summed E-state index contributed by atoms with van der Waals surface area (Å²) < 4.78 is 32.0. The molecule has 0 aliphatic rings. The zero-order valence-electron chi connectivity index (χ0n) is 10.5. The average molecular weight is 278 g/mol. The Labute approximate surface area is 114 Å². The summed E-state index contributed by atoms with van der Waals surface area (Å²) >= 11 is 0. The van der Waals surface area contributed by atoms with Gasteiger partial charge in [0.15, 0.2) is 6.39 Å². The Morgan fingerprint density at radius 1 is 1.40 bits per heavy atom. The van der Waals surface area contributed by atoms with Crippen molar-refractivity contribution >= 4 is 0 Å². The molecule has 2 atom stereocenters. The highest BCUT2D eigenvalue weighted by Crippen LogP contribution is 2.36. The predicted octanol–water partition coefficient (Wildman–Crippen LogP) is 2.73. The fourth-order valence-corrected chi connectivity index (χ4v) is 2.18. The van der Waals surface area contributed by atoms with E-state index in [0.29, 0.717) is 5.69 Å². The van der Waals surface area contributed by atoms with Crippen molar-refractivity contribution in [1.29, 1.82) is 5.26 Å². The lowest BCUT2D eigenvalue weighted by Crippen LogP contribution is -2.14. The van der Waals surface area contributed by atoms with Crippen molar-refractivity contribution in [2.45, 2.75) is 18.3 Å². The van der Waals surface area contributed by atoms with E-state index in [4.69, 9.17) is 9.52 Å². The molecule has 0 aliphatic heterocycles. The number of benzene rings is 1. The fraction of sp³-hybridized carbons (Fsp3) is 0.286. The minimum atomic E-state index is -0.822. The summed E-state index contributed by atoms with van der Waals surface area (Å²) in [5.41, 5.74) is 0.378. The van der Waals surface area contributed by atoms with Crippen molar-refractivity contribution in [3.8, 4) is 6.07 Å². The first-order chi connectivity index (χ1) is 9.67. The Morgan fingerprint density at radius 3 is 2.80 bits per heavy atom. The lowest BCUT2D eigenvalue weighted by Gasteiger charge is -2.20. The van der Waals surface area contributed by atoms with Gasteiger partial charge >= 0.3 is 0 Å². The van der Waals surface area contributed by atoms with Gasteiger partial charge in [-0.2, -0.15) is 5.26 Å². The number of hydrogen-bond acceptors (Lipinski definition) is 4. The van der Waals surface area contributed by atoms with Crippen molar-refractivity contribution in [3.63, 3.8) is 0 Å². The van der Waals surface area contributed by atoms with Crippen LogP contribution in [0.5, 0.6) is 0 Å². The van der Waals surface area contributed by atoms with Crippen LogP contribution in [0.3, 0.4) is 0 Å². The fourth-order valence-electron chi connectivity index (χ4n) is 2.18. The normalized spacial score (nSPS) is 13.7. The van der Waals surface area contributed by atoms with E-state index in [1.807, 2.05) is 6.07 Å². The van der Waals surface area contributed by atoms with Crippen LogP contribution in [0.15, 0.2) is 35.3 Å². The highest BCUT2D eigenvalue weighted by Gasteiger charge is 2.29. The summed E-state index contributed by atoms with van der Waals surface area (Å²) in [5, 5.41) is 18.4. The molecule has 104 valence electrons. The third-order valence-corrected chi connectivity index (χ3v) is 3.11. The summed E-state index contributed by atoms with van der Waals surface area (Å²) in [6.45, 7) is -0.253. The molecule has 0 radical (unpaired) electrons. The van der Waals surface area contributed by atoms with Crippen LogP contribution in [0.2, 0.25) is 0 Å². The van der Waals surface area contributed by atoms with Crippen molar-refractivity contribution in [3.05, 3.63) is 53.7 Å². The van der Waals surface area contributed by atoms with Crippen LogP contribution in [0.1, 0.15) is 29.5 Å². The summed E-state index contributed by atoms with van der Waals surface area (Å²) in [4.78, 5) is 3.88. The number of aliphatic hydroxyl groups excluding tert-OH is 1. The van der Waals surface area contributed by atoms with Gasteiger partial charge in [0.2, 0.25) is 0 Å². The molecule has 0 bridgehead atoms. The molecule has 4 nitrogen and oxygen atoms in total. The largest absolute Gasteiger partial charge is 0.451 e. The minimum absolute atomic E-state index is 0.0496. The summed E-state index contributed by atoms with van der Waals surface area (Å²) in [5.74, 6) is -2.74. The quantitative estimate of drug-likeness (QED) is 0.912. The van der Waals surface area contributed by atoms with Gasteiger partial charge in [-0.05, 0) is 30.2 Å². The van der Waals surface area contributed by atoms with Crippen LogP contribution in [-0.2, 0) is 0 Å². The van der Waals surface area contributed by atoms with Crippen LogP contribution in [0.25, 0.3) is 0 Å². The molecule has 1 N–H and O–H groups in total. The monoisotopic (exact) mass is 278 g/mol. The van der Waals surface area contributed by atoms with Crippen LogP contribution in [0.4, 0.5) is 8.78 Å². The van der Waals surface area contributed by atoms with Crippen molar-refractivity contribution in [2.75, 3.05) is 6.61 Å². The highest BCUT2D eigenvalue weighted by molar-refractivity contribution is 5.30. The number of rotatable bonds is 5. The number of oxazole rings is 1. The molecule has 6 heteroatoms. The summed E-state index contributed by atoms with van der Waals surface area (Å²) in [7, 11) is 0. The molecule has 0 spiro atoms. The number of nitrogens with zero attached hydrogens (tertiary/aromatic N) is 2. The number of halogens is 2. The van der Waals surface area contributed by atoms with E-state index >= 15 is 0 Å². The van der Waals surface area contributed by atoms with Crippen LogP contribution in [0, 0.1) is 23.0 Å². The van der Waals surface area contributed by atoms with Gasteiger partial charge in [0.1, 0.15) is 17.9 Å². The van der Waals surface area contributed by atoms with Gasteiger partial charge in [-0.1, -0.05) is 0 Å². The third-order valence-electron chi connectivity index (χ3n) is 3.11. The molecule has 0 amide bonds. The minimum Gasteiger partial charge on any atom is -0.451 e. The Kier molecular flexibility index (Phi) is 4.43. The standard InChI is InChI=1S/C14H12F2N2O2/c15-9-1-2-13(16)11(5-9)10(3-4-19)12(6-17)14-7-20-8-18-14/h1-2,5,7-8,10,12,19H,3-4H2/t10-,12-/m1/s1. The molecule has 2 aromatic rings. The first kappa shape index (κ1) is 14.2. The maximum atomic E-state index is 13.9. The molecule has 20 heavy (non-hydrogen) atoms. The molecule has 0 aliphatic carbocycles. The molecular formula is C14H12F2N2O2. The molecule has 0 fully saturated rings. The molecule has 2 rings (SSSR count). The Hall–Kier alpha value is -2.26. The lowest BCUT2D eigenvalue weighted by atomic mass is 9.82. The predicted molar refractivity (Wildman–Crippen MR) is 65.7 cm³/mol. The molecule has 1 aromatic carbocycles. The van der Waals surface area contributed by atoms with Gasteiger partial charge in [-0.15, -0.1) is 0 Å². The first-order valence-corrected chi connectivity index (χ1v) is 6.01. The highest BCUT2D eigenvalue weighted by atomic mass is 19.1. The molecular weight excluding hydrogens is 266 g/mol. The SMILES string of the molecule is N#C[C@@H](c1cocn1)[C@H](CCO)c1cc(F)ccc1F. The van der Waals surface area contributed by atoms with Gasteiger partial charge in [-0.3, -0.25) is 0 Å². The second-order valence-electron chi connectivity index (χ2n) is 4.30. The van der Waals surface area contributed by atoms with Gasteiger partial charge in [-0.25, -0.2) is 13.8 Å². The zero-order valence-corrected chi connectivity index (χ0v) is 10.5. The van der Waals surface area contributed by atoms with Crippen molar-refractivity contribution in [1.82, 2.24) is 4.98 Å². The van der Waals surface area contributed by atoms with E-state index in [0.717, 1.165) is 24.6 Å². The van der Waals surface area contributed by atoms with E-state index in [1.54, 1.807) is 0 Å². The first-order valence-electron chi connectivity index (χ1n) is 6.01. The molecule has 0 unspecified atom stereocenters. The maximum Gasteiger partial charge on any atom is 0.180 e. The Bertz CT molecular complexity index is 608. The average Bonchev–Trinajstić information content (AvgIpc) is 2.95. The lowest BCUT2D eigenvalue weighted by molar-refractivity contribution is 0.270. The number of hydrogen-bond donors (Lipinski definition) is 1.